The van der Waals surface area contributed by atoms with Gasteiger partial charge in [0.1, 0.15) is 48.4 Å². The van der Waals surface area contributed by atoms with Crippen molar-refractivity contribution in [3.05, 3.63) is 95.8 Å². The first-order valence-corrected chi connectivity index (χ1v) is 26.7. The number of aromatic nitrogens is 1. The average Bonchev–Trinajstić information content (AvgIpc) is 3.39. The highest BCUT2D eigenvalue weighted by Gasteiger charge is 2.45. The van der Waals surface area contributed by atoms with Gasteiger partial charge in [-0.3, -0.25) is 24.2 Å². The molecule has 0 aliphatic carbocycles. The van der Waals surface area contributed by atoms with E-state index in [1.54, 1.807) is 66.9 Å². The van der Waals surface area contributed by atoms with Gasteiger partial charge in [0.15, 0.2) is 18.3 Å². The quantitative estimate of drug-likeness (QED) is 0.0833. The van der Waals surface area contributed by atoms with Crippen LogP contribution in [0.1, 0.15) is 112 Å². The third kappa shape index (κ3) is 17.9. The zero-order valence-corrected chi connectivity index (χ0v) is 47.6. The Balaban J connectivity index is 1.86. The zero-order valence-electron chi connectivity index (χ0n) is 47.6. The molecule has 0 spiro atoms. The molecule has 0 saturated carbocycles. The van der Waals surface area contributed by atoms with Crippen molar-refractivity contribution in [2.24, 2.45) is 23.7 Å². The van der Waals surface area contributed by atoms with E-state index in [0.29, 0.717) is 23.2 Å². The van der Waals surface area contributed by atoms with E-state index in [9.17, 15) is 38.4 Å². The minimum absolute atomic E-state index is 0.0798. The molecule has 2 heterocycles. The largest absolute Gasteiger partial charge is 0.487 e. The van der Waals surface area contributed by atoms with Gasteiger partial charge >= 0.3 is 17.9 Å². The lowest BCUT2D eigenvalue weighted by Crippen LogP contribution is -2.59. The molecule has 1 aromatic heterocycles. The molecule has 1 aliphatic heterocycles. The van der Waals surface area contributed by atoms with Gasteiger partial charge in [0.05, 0.1) is 12.3 Å². The monoisotopic (exact) mass is 1070 g/mol. The molecule has 0 radical (unpaired) electrons. The van der Waals surface area contributed by atoms with Crippen LogP contribution in [0.5, 0.6) is 5.75 Å². The molecule has 1 aliphatic rings. The Morgan fingerprint density at radius 1 is 0.571 bits per heavy atom. The Bertz CT molecular complexity index is 2440. The maximum absolute atomic E-state index is 15.0. The number of esters is 3. The van der Waals surface area contributed by atoms with Gasteiger partial charge in [-0.25, -0.2) is 14.4 Å². The van der Waals surface area contributed by atoms with Gasteiger partial charge in [-0.05, 0) is 98.6 Å². The molecule has 18 nitrogen and oxygen atoms in total. The second-order valence-electron chi connectivity index (χ2n) is 22.0. The number of pyridine rings is 1. The number of rotatable bonds is 16. The normalized spacial score (nSPS) is 24.5. The van der Waals surface area contributed by atoms with E-state index >= 15 is 0 Å². The summed E-state index contributed by atoms with van der Waals surface area (Å²) in [5.74, 6) is -5.82. The number of likely N-dealkylation sites (N-methyl/N-ethyl adjacent to an activating group) is 4. The number of hydrogen-bond acceptors (Lipinski definition) is 14. The van der Waals surface area contributed by atoms with Gasteiger partial charge < -0.3 is 48.1 Å². The van der Waals surface area contributed by atoms with Crippen molar-refractivity contribution in [1.29, 1.82) is 0 Å². The van der Waals surface area contributed by atoms with Crippen LogP contribution in [0.4, 0.5) is 0 Å². The maximum Gasteiger partial charge on any atom is 0.329 e. The van der Waals surface area contributed by atoms with Gasteiger partial charge in [0.2, 0.25) is 0 Å². The predicted molar refractivity (Wildman–Crippen MR) is 289 cm³/mol. The molecule has 18 heteroatoms. The van der Waals surface area contributed by atoms with Crippen LogP contribution >= 0.6 is 0 Å². The van der Waals surface area contributed by atoms with Gasteiger partial charge in [0.25, 0.3) is 23.6 Å². The number of cyclic esters (lactones) is 3. The SMILES string of the molecule is CC(C)C[C@H]1C(=O)O[C@H](Cc2ccc(OCc3ccccn3)cc2)C(=O)N(C)[C@@H](CC(C)C)C(=O)O[C@H](C)C(=O)N(C)[C@@H](CC(C)C)C(=O)O[C@H](Cc2ccccc2)C(=O)N(C)C(C=O)(CC(C)C)CO[C@H](C)C(=O)N1C. The minimum atomic E-state index is -1.69. The Morgan fingerprint density at radius 3 is 1.49 bits per heavy atom. The molecule has 0 N–H and O–H groups in total. The molecule has 77 heavy (non-hydrogen) atoms. The molecular formula is C59H83N5O13. The van der Waals surface area contributed by atoms with E-state index in [-0.39, 0.29) is 68.8 Å². The summed E-state index contributed by atoms with van der Waals surface area (Å²) in [5, 5.41) is 0. The van der Waals surface area contributed by atoms with Crippen LogP contribution in [0.2, 0.25) is 0 Å². The molecule has 0 bridgehead atoms. The third-order valence-electron chi connectivity index (χ3n) is 13.7. The molecular weight excluding hydrogens is 987 g/mol. The predicted octanol–water partition coefficient (Wildman–Crippen LogP) is 6.68. The second-order valence-corrected chi connectivity index (χ2v) is 22.0. The molecule has 422 valence electrons. The van der Waals surface area contributed by atoms with Gasteiger partial charge in [-0.1, -0.05) is 104 Å². The molecule has 3 aromatic rings. The van der Waals surface area contributed by atoms with E-state index in [4.69, 9.17) is 23.7 Å². The topological polar surface area (TPSA) is 209 Å². The van der Waals surface area contributed by atoms with Gasteiger partial charge in [0, 0.05) is 47.2 Å². The number of hydrogen-bond donors (Lipinski definition) is 0. The fourth-order valence-corrected chi connectivity index (χ4v) is 9.28. The van der Waals surface area contributed by atoms with Crippen LogP contribution in [0.3, 0.4) is 0 Å². The first-order chi connectivity index (χ1) is 36.3. The number of ether oxygens (including phenoxy) is 5. The molecule has 1 saturated heterocycles. The van der Waals surface area contributed by atoms with Crippen molar-refractivity contribution >= 4 is 47.8 Å². The third-order valence-corrected chi connectivity index (χ3v) is 13.7. The fourth-order valence-electron chi connectivity index (χ4n) is 9.28. The lowest BCUT2D eigenvalue weighted by atomic mass is 9.88. The van der Waals surface area contributed by atoms with Crippen molar-refractivity contribution in [1.82, 2.24) is 24.6 Å². The van der Waals surface area contributed by atoms with E-state index in [2.05, 4.69) is 4.98 Å². The van der Waals surface area contributed by atoms with Crippen LogP contribution < -0.4 is 4.74 Å². The number of nitrogens with zero attached hydrogens (tertiary/aromatic N) is 5. The van der Waals surface area contributed by atoms with Crippen molar-refractivity contribution < 1.29 is 62.0 Å². The van der Waals surface area contributed by atoms with Crippen molar-refractivity contribution in [3.63, 3.8) is 0 Å². The number of carbonyl (C=O) groups excluding carboxylic acids is 8. The number of carbonyl (C=O) groups is 8. The molecule has 2 aromatic carbocycles. The Hall–Kier alpha value is -6.69. The van der Waals surface area contributed by atoms with Crippen molar-refractivity contribution in [2.45, 2.75) is 162 Å². The highest BCUT2D eigenvalue weighted by molar-refractivity contribution is 5.93. The zero-order chi connectivity index (χ0) is 57.3. The highest BCUT2D eigenvalue weighted by atomic mass is 16.6. The number of benzene rings is 2. The van der Waals surface area contributed by atoms with Gasteiger partial charge in [-0.15, -0.1) is 0 Å². The summed E-state index contributed by atoms with van der Waals surface area (Å²) in [4.78, 5) is 125. The lowest BCUT2D eigenvalue weighted by molar-refractivity contribution is -0.175. The van der Waals surface area contributed by atoms with Gasteiger partial charge in [-0.2, -0.15) is 0 Å². The minimum Gasteiger partial charge on any atom is -0.487 e. The summed E-state index contributed by atoms with van der Waals surface area (Å²) in [6.07, 6.45) is -3.42. The van der Waals surface area contributed by atoms with E-state index < -0.39 is 96.2 Å². The van der Waals surface area contributed by atoms with E-state index in [1.807, 2.05) is 67.5 Å². The Morgan fingerprint density at radius 2 is 1.03 bits per heavy atom. The molecule has 8 atom stereocenters. The summed E-state index contributed by atoms with van der Waals surface area (Å²) in [7, 11) is 5.62. The second kappa shape index (κ2) is 29.2. The number of amides is 4. The Labute approximate surface area is 455 Å². The standard InChI is InChI=1S/C59H83N5O13/c1-37(2)28-47-56(70)75-42(10)53(67)62(12)49(30-39(5)6)58(72)77-51(31-43-20-16-15-17-21-43)55(69)64(14)59(35-65,33-40(7)8)36-74-41(9)52(66)61(11)48(29-38(3)4)57(71)76-50(54(68)63(47)13)32-44-23-25-46(26-24-44)73-34-45-22-18-19-27-60-45/h15-27,35,37-42,47-51H,28-34,36H2,1-14H3/t41-,42-,47+,48+,49+,50-,51-,59?/m1/s1. The Kier molecular flexibility index (Phi) is 23.8. The smallest absolute Gasteiger partial charge is 0.329 e. The van der Waals surface area contributed by atoms with Crippen molar-refractivity contribution in [2.75, 3.05) is 34.8 Å². The first kappa shape index (κ1) is 62.8. The van der Waals surface area contributed by atoms with Crippen LogP contribution in [-0.2, 0) is 76.8 Å². The number of aldehydes is 1. The summed E-state index contributed by atoms with van der Waals surface area (Å²) in [5.41, 5.74) is 0.241. The molecule has 1 fully saturated rings. The average molecular weight is 1070 g/mol. The molecule has 4 rings (SSSR count). The summed E-state index contributed by atoms with van der Waals surface area (Å²) in [6, 6.07) is 17.4. The van der Waals surface area contributed by atoms with Crippen LogP contribution in [0, 0.1) is 23.7 Å². The maximum atomic E-state index is 15.0. The van der Waals surface area contributed by atoms with Crippen LogP contribution in [0.25, 0.3) is 0 Å². The summed E-state index contributed by atoms with van der Waals surface area (Å²) in [6.45, 7) is 17.4. The summed E-state index contributed by atoms with van der Waals surface area (Å²) >= 11 is 0. The molecule has 4 amide bonds. The lowest BCUT2D eigenvalue weighted by Gasteiger charge is -2.41. The highest BCUT2D eigenvalue weighted by Crippen LogP contribution is 2.28. The summed E-state index contributed by atoms with van der Waals surface area (Å²) < 4.78 is 30.4. The van der Waals surface area contributed by atoms with E-state index in [0.717, 1.165) is 15.5 Å². The van der Waals surface area contributed by atoms with Crippen molar-refractivity contribution in [3.8, 4) is 5.75 Å². The van der Waals surface area contributed by atoms with Crippen LogP contribution in [0.15, 0.2) is 79.0 Å². The van der Waals surface area contributed by atoms with Crippen LogP contribution in [-0.4, -0.2) is 155 Å². The molecule has 1 unspecified atom stereocenters. The fraction of sp³-hybridized carbons (Fsp3) is 0.576. The first-order valence-electron chi connectivity index (χ1n) is 26.7. The van der Waals surface area contributed by atoms with E-state index in [1.165, 1.54) is 51.8 Å².